The van der Waals surface area contributed by atoms with Gasteiger partial charge in [-0.05, 0) is 42.8 Å². The summed E-state index contributed by atoms with van der Waals surface area (Å²) in [5.74, 6) is -0.156. The molecule has 2 aromatic carbocycles. The molecule has 2 aromatic heterocycles. The number of carbonyl (C=O) groups excluding carboxylic acids is 1. The molecule has 9 heteroatoms. The number of carbonyl (C=O) groups is 1. The Morgan fingerprint density at radius 2 is 1.91 bits per heavy atom. The number of halogens is 2. The number of benzene rings is 2. The number of aryl methyl sites for hydroxylation is 1. The van der Waals surface area contributed by atoms with Crippen LogP contribution in [0.15, 0.2) is 67.1 Å². The van der Waals surface area contributed by atoms with Crippen molar-refractivity contribution in [3.8, 4) is 11.5 Å². The van der Waals surface area contributed by atoms with Gasteiger partial charge in [-0.25, -0.2) is 13.8 Å². The van der Waals surface area contributed by atoms with Crippen LogP contribution in [0.2, 0.25) is 0 Å². The summed E-state index contributed by atoms with van der Waals surface area (Å²) < 4.78 is 34.4. The summed E-state index contributed by atoms with van der Waals surface area (Å²) in [6.45, 7) is 1.76. The molecule has 0 saturated heterocycles. The molecule has 2 heterocycles. The molecular formula is C24H21F2N5O2. The molecule has 0 atom stereocenters. The summed E-state index contributed by atoms with van der Waals surface area (Å²) in [6.07, 6.45) is 5.11. The van der Waals surface area contributed by atoms with E-state index in [1.165, 1.54) is 12.1 Å². The van der Waals surface area contributed by atoms with Crippen LogP contribution in [0.4, 0.5) is 20.3 Å². The van der Waals surface area contributed by atoms with E-state index < -0.39 is 11.6 Å². The second-order valence-electron chi connectivity index (χ2n) is 7.40. The van der Waals surface area contributed by atoms with E-state index in [2.05, 4.69) is 20.7 Å². The lowest BCUT2D eigenvalue weighted by Crippen LogP contribution is -2.23. The average Bonchev–Trinajstić information content (AvgIpc) is 3.17. The van der Waals surface area contributed by atoms with Crippen molar-refractivity contribution in [2.24, 2.45) is 7.05 Å². The van der Waals surface area contributed by atoms with Gasteiger partial charge in [-0.1, -0.05) is 6.07 Å². The predicted molar refractivity (Wildman–Crippen MR) is 120 cm³/mol. The molecule has 0 unspecified atom stereocenters. The van der Waals surface area contributed by atoms with Crippen LogP contribution in [0.1, 0.15) is 21.5 Å². The molecule has 4 rings (SSSR count). The number of rotatable bonds is 7. The smallest absolute Gasteiger partial charge is 0.251 e. The molecule has 2 N–H and O–H groups in total. The second kappa shape index (κ2) is 9.47. The van der Waals surface area contributed by atoms with Crippen molar-refractivity contribution in [2.75, 3.05) is 5.32 Å². The number of nitrogens with zero attached hydrogens (tertiary/aromatic N) is 3. The molecule has 33 heavy (non-hydrogen) atoms. The van der Waals surface area contributed by atoms with Crippen molar-refractivity contribution in [1.29, 1.82) is 0 Å². The van der Waals surface area contributed by atoms with Gasteiger partial charge in [-0.2, -0.15) is 5.10 Å². The highest BCUT2D eigenvalue weighted by atomic mass is 19.1. The van der Waals surface area contributed by atoms with Crippen molar-refractivity contribution in [1.82, 2.24) is 20.1 Å². The molecule has 0 saturated carbocycles. The summed E-state index contributed by atoms with van der Waals surface area (Å²) in [5.41, 5.74) is 2.14. The zero-order valence-corrected chi connectivity index (χ0v) is 18.0. The highest BCUT2D eigenvalue weighted by molar-refractivity contribution is 5.96. The van der Waals surface area contributed by atoms with E-state index in [4.69, 9.17) is 4.74 Å². The fourth-order valence-electron chi connectivity index (χ4n) is 3.27. The van der Waals surface area contributed by atoms with Gasteiger partial charge in [0.2, 0.25) is 0 Å². The van der Waals surface area contributed by atoms with E-state index in [1.54, 1.807) is 54.3 Å². The third-order valence-corrected chi connectivity index (χ3v) is 4.84. The lowest BCUT2D eigenvalue weighted by Gasteiger charge is -2.13. The van der Waals surface area contributed by atoms with Crippen molar-refractivity contribution < 1.29 is 18.3 Å². The third kappa shape index (κ3) is 5.51. The van der Waals surface area contributed by atoms with Crippen LogP contribution in [0.3, 0.4) is 0 Å². The minimum atomic E-state index is -0.694. The molecule has 0 aliphatic rings. The number of aromatic nitrogens is 3. The van der Waals surface area contributed by atoms with Crippen molar-refractivity contribution >= 4 is 17.4 Å². The van der Waals surface area contributed by atoms with E-state index in [0.29, 0.717) is 34.0 Å². The van der Waals surface area contributed by atoms with E-state index >= 15 is 0 Å². The van der Waals surface area contributed by atoms with Gasteiger partial charge >= 0.3 is 0 Å². The number of anilines is 2. The molecular weight excluding hydrogens is 428 g/mol. The largest absolute Gasteiger partial charge is 0.457 e. The topological polar surface area (TPSA) is 81.1 Å². The quantitative estimate of drug-likeness (QED) is 0.421. The van der Waals surface area contributed by atoms with Crippen LogP contribution < -0.4 is 15.4 Å². The van der Waals surface area contributed by atoms with Crippen LogP contribution >= 0.6 is 0 Å². The number of amides is 1. The average molecular weight is 449 g/mol. The van der Waals surface area contributed by atoms with Gasteiger partial charge in [-0.15, -0.1) is 0 Å². The first-order chi connectivity index (χ1) is 15.9. The lowest BCUT2D eigenvalue weighted by atomic mass is 10.1. The van der Waals surface area contributed by atoms with Crippen molar-refractivity contribution in [3.63, 3.8) is 0 Å². The highest BCUT2D eigenvalue weighted by Gasteiger charge is 2.14. The maximum Gasteiger partial charge on any atom is 0.251 e. The van der Waals surface area contributed by atoms with Gasteiger partial charge in [-0.3, -0.25) is 9.48 Å². The van der Waals surface area contributed by atoms with E-state index in [0.717, 1.165) is 11.8 Å². The zero-order valence-electron chi connectivity index (χ0n) is 18.0. The predicted octanol–water partition coefficient (Wildman–Crippen LogP) is 4.87. The Morgan fingerprint density at radius 3 is 2.64 bits per heavy atom. The molecule has 0 radical (unpaired) electrons. The van der Waals surface area contributed by atoms with E-state index in [9.17, 15) is 13.6 Å². The summed E-state index contributed by atoms with van der Waals surface area (Å²) >= 11 is 0. The van der Waals surface area contributed by atoms with Crippen LogP contribution in [-0.2, 0) is 13.6 Å². The first-order valence-corrected chi connectivity index (χ1v) is 10.1. The second-order valence-corrected chi connectivity index (χ2v) is 7.40. The summed E-state index contributed by atoms with van der Waals surface area (Å²) in [6, 6.07) is 11.7. The third-order valence-electron chi connectivity index (χ3n) is 4.84. The van der Waals surface area contributed by atoms with Crippen LogP contribution in [0.25, 0.3) is 0 Å². The lowest BCUT2D eigenvalue weighted by molar-refractivity contribution is 0.0950. The summed E-state index contributed by atoms with van der Waals surface area (Å²) in [4.78, 5) is 17.0. The molecule has 0 aliphatic heterocycles. The van der Waals surface area contributed by atoms with Crippen LogP contribution in [0, 0.1) is 18.6 Å². The van der Waals surface area contributed by atoms with Crippen LogP contribution in [-0.4, -0.2) is 20.7 Å². The fraction of sp³-hybridized carbons (Fsp3) is 0.125. The Hall–Kier alpha value is -4.27. The highest BCUT2D eigenvalue weighted by Crippen LogP contribution is 2.28. The fourth-order valence-corrected chi connectivity index (χ4v) is 3.27. The maximum absolute atomic E-state index is 13.4. The van der Waals surface area contributed by atoms with Crippen molar-refractivity contribution in [2.45, 2.75) is 13.5 Å². The number of pyridine rings is 1. The Labute approximate surface area is 189 Å². The van der Waals surface area contributed by atoms with E-state index in [1.807, 2.05) is 13.2 Å². The van der Waals surface area contributed by atoms with Gasteiger partial charge < -0.3 is 15.4 Å². The van der Waals surface area contributed by atoms with Gasteiger partial charge in [0.1, 0.15) is 29.0 Å². The Kier molecular flexibility index (Phi) is 6.30. The Morgan fingerprint density at radius 1 is 1.12 bits per heavy atom. The summed E-state index contributed by atoms with van der Waals surface area (Å²) in [5, 5.41) is 9.93. The molecule has 168 valence electrons. The summed E-state index contributed by atoms with van der Waals surface area (Å²) in [7, 11) is 1.82. The van der Waals surface area contributed by atoms with Crippen LogP contribution in [0.5, 0.6) is 11.5 Å². The first kappa shape index (κ1) is 21.9. The number of hydrogen-bond acceptors (Lipinski definition) is 5. The Balaban J connectivity index is 1.46. The van der Waals surface area contributed by atoms with Gasteiger partial charge in [0.25, 0.3) is 5.91 Å². The minimum absolute atomic E-state index is 0.00817. The van der Waals surface area contributed by atoms with E-state index in [-0.39, 0.29) is 12.5 Å². The molecule has 0 spiro atoms. The number of ether oxygens (including phenoxy) is 1. The first-order valence-electron chi connectivity index (χ1n) is 10.1. The number of hydrogen-bond donors (Lipinski definition) is 2. The monoisotopic (exact) mass is 449 g/mol. The van der Waals surface area contributed by atoms with Gasteiger partial charge in [0, 0.05) is 49.2 Å². The molecule has 0 aliphatic carbocycles. The van der Waals surface area contributed by atoms with Gasteiger partial charge in [0.15, 0.2) is 0 Å². The standard InChI is InChI=1S/C24H21F2N5O2/c1-15-21(24(32)28-12-16-8-17(25)10-18(26)9-16)4-3-5-22(15)33-20-6-7-27-23(11-20)30-19-13-29-31(2)14-19/h3-11,13-14H,12H2,1-2H3,(H,27,30)(H,28,32). The molecule has 0 fully saturated rings. The molecule has 7 nitrogen and oxygen atoms in total. The SMILES string of the molecule is Cc1c(Oc2ccnc(Nc3cnn(C)c3)c2)cccc1C(=O)NCc1cc(F)cc(F)c1. The molecule has 1 amide bonds. The van der Waals surface area contributed by atoms with Gasteiger partial charge in [0.05, 0.1) is 11.9 Å². The minimum Gasteiger partial charge on any atom is -0.457 e. The number of nitrogens with one attached hydrogen (secondary N) is 2. The zero-order chi connectivity index (χ0) is 23.4. The molecule has 4 aromatic rings. The maximum atomic E-state index is 13.4. The Bertz CT molecular complexity index is 1290. The van der Waals surface area contributed by atoms with Crippen molar-refractivity contribution in [3.05, 3.63) is 95.4 Å². The molecule has 0 bridgehead atoms. The normalized spacial score (nSPS) is 10.7.